The molecule has 0 N–H and O–H groups in total. The van der Waals surface area contributed by atoms with Crippen molar-refractivity contribution in [2.45, 2.75) is 13.0 Å². The van der Waals surface area contributed by atoms with Gasteiger partial charge in [-0.25, -0.2) is 0 Å². The average molecular weight is 156 g/mol. The highest BCUT2D eigenvalue weighted by Gasteiger charge is 2.13. The first-order valence-corrected chi connectivity index (χ1v) is 3.72. The molecule has 1 aliphatic heterocycles. The van der Waals surface area contributed by atoms with E-state index in [1.54, 1.807) is 12.2 Å². The van der Waals surface area contributed by atoms with Crippen molar-refractivity contribution in [1.82, 2.24) is 0 Å². The van der Waals surface area contributed by atoms with Crippen LogP contribution >= 0.6 is 0 Å². The van der Waals surface area contributed by atoms with Gasteiger partial charge < -0.3 is 9.47 Å². The minimum absolute atomic E-state index is 0.583. The lowest BCUT2D eigenvalue weighted by molar-refractivity contribution is 0.194. The van der Waals surface area contributed by atoms with Gasteiger partial charge >= 0.3 is 0 Å². The molecule has 1 aliphatic rings. The molecule has 1 fully saturated rings. The second-order valence-corrected chi connectivity index (χ2v) is 2.26. The third-order valence-corrected chi connectivity index (χ3v) is 0.971. The van der Waals surface area contributed by atoms with Gasteiger partial charge in [0.1, 0.15) is 0 Å². The van der Waals surface area contributed by atoms with Gasteiger partial charge in [-0.2, -0.15) is 0 Å². The van der Waals surface area contributed by atoms with Crippen LogP contribution in [0.15, 0.2) is 25.3 Å². The van der Waals surface area contributed by atoms with E-state index in [0.29, 0.717) is 19.3 Å². The molecule has 2 nitrogen and oxygen atoms in total. The van der Waals surface area contributed by atoms with E-state index in [9.17, 15) is 0 Å². The van der Waals surface area contributed by atoms with Crippen molar-refractivity contribution in [3.05, 3.63) is 25.3 Å². The molecule has 11 heavy (non-hydrogen) atoms. The fourth-order valence-electron chi connectivity index (χ4n) is 0.331. The van der Waals surface area contributed by atoms with Crippen molar-refractivity contribution in [3.63, 3.8) is 0 Å². The van der Waals surface area contributed by atoms with Gasteiger partial charge in [0.15, 0.2) is 0 Å². The molecule has 0 aromatic rings. The van der Waals surface area contributed by atoms with Gasteiger partial charge in [-0.1, -0.05) is 12.2 Å². The Balaban J connectivity index is 0.000000207. The first kappa shape index (κ1) is 10.4. The zero-order valence-corrected chi connectivity index (χ0v) is 7.08. The quantitative estimate of drug-likeness (QED) is 0.351. The highest BCUT2D eigenvalue weighted by molar-refractivity contribution is 4.68. The average Bonchev–Trinajstić information content (AvgIpc) is 2.75. The van der Waals surface area contributed by atoms with Crippen molar-refractivity contribution in [1.29, 1.82) is 0 Å². The molecule has 0 spiro atoms. The fourth-order valence-corrected chi connectivity index (χ4v) is 0.331. The molecule has 0 aliphatic carbocycles. The molecule has 0 aromatic heterocycles. The third-order valence-electron chi connectivity index (χ3n) is 0.971. The lowest BCUT2D eigenvalue weighted by atomic mass is 10.6. The Labute approximate surface area is 68.5 Å². The molecular formula is C9H16O2. The van der Waals surface area contributed by atoms with Crippen LogP contribution in [0.3, 0.4) is 0 Å². The summed E-state index contributed by atoms with van der Waals surface area (Å²) in [4.78, 5) is 0. The maximum absolute atomic E-state index is 4.90. The van der Waals surface area contributed by atoms with Crippen molar-refractivity contribution in [3.8, 4) is 0 Å². The van der Waals surface area contributed by atoms with Crippen LogP contribution in [0.1, 0.15) is 6.92 Å². The van der Waals surface area contributed by atoms with Crippen LogP contribution in [0.2, 0.25) is 0 Å². The number of rotatable bonds is 4. The van der Waals surface area contributed by atoms with E-state index < -0.39 is 0 Å². The minimum atomic E-state index is 0.583. The van der Waals surface area contributed by atoms with Gasteiger partial charge in [-0.05, 0) is 6.92 Å². The molecule has 2 heteroatoms. The lowest BCUT2D eigenvalue weighted by Crippen LogP contribution is -1.87. The summed E-state index contributed by atoms with van der Waals surface area (Å²) < 4.78 is 9.60. The molecule has 1 atom stereocenters. The predicted molar refractivity (Wildman–Crippen MR) is 46.6 cm³/mol. The maximum Gasteiger partial charge on any atom is 0.0781 e. The predicted octanol–water partition coefficient (Wildman–Crippen LogP) is 1.78. The highest BCUT2D eigenvalue weighted by Crippen LogP contribution is 2.04. The molecular weight excluding hydrogens is 140 g/mol. The first-order valence-electron chi connectivity index (χ1n) is 3.72. The zero-order chi connectivity index (χ0) is 8.53. The van der Waals surface area contributed by atoms with Crippen molar-refractivity contribution in [2.75, 3.05) is 19.8 Å². The third kappa shape index (κ3) is 12.6. The zero-order valence-electron chi connectivity index (χ0n) is 7.08. The number of hydrogen-bond donors (Lipinski definition) is 0. The Morgan fingerprint density at radius 3 is 2.00 bits per heavy atom. The Morgan fingerprint density at radius 1 is 1.45 bits per heavy atom. The molecule has 0 saturated carbocycles. The van der Waals surface area contributed by atoms with Crippen LogP contribution in [0.5, 0.6) is 0 Å². The smallest absolute Gasteiger partial charge is 0.0781 e. The van der Waals surface area contributed by atoms with Gasteiger partial charge in [0.05, 0.1) is 25.9 Å². The molecule has 0 radical (unpaired) electrons. The van der Waals surface area contributed by atoms with E-state index in [4.69, 9.17) is 9.47 Å². The Kier molecular flexibility index (Phi) is 7.10. The van der Waals surface area contributed by atoms with Crippen LogP contribution in [0, 0.1) is 0 Å². The molecule has 0 aromatic carbocycles. The number of ether oxygens (including phenoxy) is 2. The molecule has 1 unspecified atom stereocenters. The van der Waals surface area contributed by atoms with Gasteiger partial charge in [-0.3, -0.25) is 0 Å². The summed E-state index contributed by atoms with van der Waals surface area (Å²) in [6, 6.07) is 0. The summed E-state index contributed by atoms with van der Waals surface area (Å²) in [6.45, 7) is 11.2. The SMILES string of the molecule is C=CCOCC=C.CC1CO1. The van der Waals surface area contributed by atoms with Crippen LogP contribution in [0.4, 0.5) is 0 Å². The number of epoxide rings is 1. The summed E-state index contributed by atoms with van der Waals surface area (Å²) in [5, 5.41) is 0. The molecule has 0 amide bonds. The number of hydrogen-bond acceptors (Lipinski definition) is 2. The van der Waals surface area contributed by atoms with E-state index in [0.717, 1.165) is 6.61 Å². The maximum atomic E-state index is 4.90. The van der Waals surface area contributed by atoms with Crippen LogP contribution < -0.4 is 0 Å². The monoisotopic (exact) mass is 156 g/mol. The Hall–Kier alpha value is -0.600. The highest BCUT2D eigenvalue weighted by atomic mass is 16.6. The molecule has 1 heterocycles. The van der Waals surface area contributed by atoms with E-state index in [1.807, 2.05) is 0 Å². The Morgan fingerprint density at radius 2 is 1.82 bits per heavy atom. The minimum Gasteiger partial charge on any atom is -0.373 e. The van der Waals surface area contributed by atoms with Crippen LogP contribution in [0.25, 0.3) is 0 Å². The fraction of sp³-hybridized carbons (Fsp3) is 0.556. The molecule has 64 valence electrons. The second kappa shape index (κ2) is 7.51. The standard InChI is InChI=1S/C6H10O.C3H6O/c1-3-5-7-6-4-2;1-3-2-4-3/h3-4H,1-2,5-6H2;3H,2H2,1H3. The van der Waals surface area contributed by atoms with Gasteiger partial charge in [0.25, 0.3) is 0 Å². The normalized spacial score (nSPS) is 19.5. The van der Waals surface area contributed by atoms with Crippen molar-refractivity contribution in [2.24, 2.45) is 0 Å². The van der Waals surface area contributed by atoms with Gasteiger partial charge in [0, 0.05) is 0 Å². The summed E-state index contributed by atoms with van der Waals surface area (Å²) in [5.41, 5.74) is 0. The van der Waals surface area contributed by atoms with E-state index in [-0.39, 0.29) is 0 Å². The summed E-state index contributed by atoms with van der Waals surface area (Å²) >= 11 is 0. The first-order chi connectivity index (χ1) is 5.31. The largest absolute Gasteiger partial charge is 0.373 e. The van der Waals surface area contributed by atoms with E-state index >= 15 is 0 Å². The summed E-state index contributed by atoms with van der Waals surface area (Å²) in [5.74, 6) is 0. The van der Waals surface area contributed by atoms with Gasteiger partial charge in [-0.15, -0.1) is 13.2 Å². The van der Waals surface area contributed by atoms with Crippen LogP contribution in [-0.2, 0) is 9.47 Å². The van der Waals surface area contributed by atoms with Gasteiger partial charge in [0.2, 0.25) is 0 Å². The molecule has 1 saturated heterocycles. The summed E-state index contributed by atoms with van der Waals surface area (Å²) in [7, 11) is 0. The molecule has 1 rings (SSSR count). The topological polar surface area (TPSA) is 21.8 Å². The van der Waals surface area contributed by atoms with Crippen LogP contribution in [-0.4, -0.2) is 25.9 Å². The Bertz CT molecular complexity index is 98.1. The van der Waals surface area contributed by atoms with Crippen molar-refractivity contribution < 1.29 is 9.47 Å². The second-order valence-electron chi connectivity index (χ2n) is 2.26. The molecule has 0 bridgehead atoms. The lowest BCUT2D eigenvalue weighted by Gasteiger charge is -1.89. The van der Waals surface area contributed by atoms with E-state index in [1.165, 1.54) is 0 Å². The summed E-state index contributed by atoms with van der Waals surface area (Å²) in [6.07, 6.45) is 4.01. The van der Waals surface area contributed by atoms with Crippen molar-refractivity contribution >= 4 is 0 Å². The van der Waals surface area contributed by atoms with E-state index in [2.05, 4.69) is 20.1 Å².